The molecule has 0 unspecified atom stereocenters. The van der Waals surface area contributed by atoms with Gasteiger partial charge in [0.15, 0.2) is 0 Å². The molecule has 1 amide bonds. The molecule has 0 saturated heterocycles. The van der Waals surface area contributed by atoms with Gasteiger partial charge in [0.2, 0.25) is 5.91 Å². The lowest BCUT2D eigenvalue weighted by atomic mass is 10.0. The Balaban J connectivity index is -0.000000862. The number of ether oxygens (including phenoxy) is 2. The lowest BCUT2D eigenvalue weighted by Crippen LogP contribution is -2.29. The first kappa shape index (κ1) is 59.8. The van der Waals surface area contributed by atoms with Crippen molar-refractivity contribution in [3.8, 4) is 0 Å². The number of unbranched alkanes of at least 4 members (excludes halogenated alkanes) is 14. The first-order chi connectivity index (χ1) is 25.6. The molecule has 0 bridgehead atoms. The Labute approximate surface area is 348 Å². The molecule has 0 saturated carbocycles. The lowest BCUT2D eigenvalue weighted by Gasteiger charge is -2.08. The zero-order valence-electron chi connectivity index (χ0n) is 34.3. The number of carboxylic acid groups (broad SMARTS) is 2. The van der Waals surface area contributed by atoms with Crippen molar-refractivity contribution in [2.45, 2.75) is 142 Å². The second-order valence-corrected chi connectivity index (χ2v) is 20.2. The van der Waals surface area contributed by atoms with Gasteiger partial charge >= 0.3 is 11.9 Å². The van der Waals surface area contributed by atoms with Crippen LogP contribution in [0.15, 0.2) is 0 Å². The fourth-order valence-electron chi connectivity index (χ4n) is 4.58. The van der Waals surface area contributed by atoms with Gasteiger partial charge in [-0.05, 0) is 69.6 Å². The average molecular weight is 868 g/mol. The highest BCUT2D eigenvalue weighted by Gasteiger charge is 2.10. The van der Waals surface area contributed by atoms with Gasteiger partial charge in [-0.25, -0.2) is 0 Å². The van der Waals surface area contributed by atoms with Crippen molar-refractivity contribution in [3.05, 3.63) is 0 Å². The van der Waals surface area contributed by atoms with Gasteiger partial charge in [0.25, 0.3) is 0 Å². The van der Waals surface area contributed by atoms with Gasteiger partial charge in [-0.3, -0.25) is 19.2 Å². The third-order valence-electron chi connectivity index (χ3n) is 7.75. The standard InChI is InChI=1S/C32H59NO8.3C2H6S2/c1-28(32(38)39)19-16-17-23-33-30(35)27-41-26-25-40-24-18-21-29(34)20-14-12-10-8-6-4-2-3-5-7-9-11-13-15-22-31(36)37;3*1-3-4-2/h28H,2-27H2,1H3,(H,33,35)(H,36,37)(H,38,39);3*1-2H3/t28-;;;/m0.../s1. The smallest absolute Gasteiger partial charge is 0.306 e. The summed E-state index contributed by atoms with van der Waals surface area (Å²) in [6, 6.07) is 0. The summed E-state index contributed by atoms with van der Waals surface area (Å²) < 4.78 is 10.8. The van der Waals surface area contributed by atoms with Crippen LogP contribution in [0.4, 0.5) is 0 Å². The quantitative estimate of drug-likeness (QED) is 0.0411. The van der Waals surface area contributed by atoms with Gasteiger partial charge in [0, 0.05) is 32.4 Å². The predicted octanol–water partition coefficient (Wildman–Crippen LogP) is 11.6. The van der Waals surface area contributed by atoms with Gasteiger partial charge in [-0.1, -0.05) is 155 Å². The summed E-state index contributed by atoms with van der Waals surface area (Å²) in [6.07, 6.45) is 33.2. The molecule has 9 nitrogen and oxygen atoms in total. The summed E-state index contributed by atoms with van der Waals surface area (Å²) in [6.45, 7) is 3.42. The van der Waals surface area contributed by atoms with Crippen molar-refractivity contribution in [1.82, 2.24) is 5.32 Å². The van der Waals surface area contributed by atoms with Gasteiger partial charge in [-0.15, -0.1) is 0 Å². The highest BCUT2D eigenvalue weighted by molar-refractivity contribution is 8.76. The minimum atomic E-state index is -0.788. The number of aliphatic carboxylic acids is 2. The molecule has 0 aliphatic rings. The number of carboxylic acids is 2. The fourth-order valence-corrected chi connectivity index (χ4v) is 4.58. The maximum atomic E-state index is 12.0. The Kier molecular flexibility index (Phi) is 61.1. The van der Waals surface area contributed by atoms with E-state index < -0.39 is 11.9 Å². The molecular weight excluding hydrogens is 791 g/mol. The predicted molar refractivity (Wildman–Crippen MR) is 242 cm³/mol. The Bertz CT molecular complexity index is 771. The molecule has 0 radical (unpaired) electrons. The van der Waals surface area contributed by atoms with E-state index in [1.807, 2.05) is 0 Å². The molecule has 0 aromatic carbocycles. The van der Waals surface area contributed by atoms with Crippen LogP contribution in [0.1, 0.15) is 142 Å². The lowest BCUT2D eigenvalue weighted by molar-refractivity contribution is -0.141. The van der Waals surface area contributed by atoms with Crippen molar-refractivity contribution in [2.75, 3.05) is 70.5 Å². The molecule has 0 fully saturated rings. The molecule has 53 heavy (non-hydrogen) atoms. The number of carbonyl (C=O) groups excluding carboxylic acids is 2. The second kappa shape index (κ2) is 54.2. The van der Waals surface area contributed by atoms with Crippen LogP contribution in [0.5, 0.6) is 0 Å². The summed E-state index contributed by atoms with van der Waals surface area (Å²) in [7, 11) is 10.6. The molecule has 0 aromatic heterocycles. The Morgan fingerprint density at radius 2 is 0.906 bits per heavy atom. The molecule has 0 aromatic rings. The van der Waals surface area contributed by atoms with Gasteiger partial charge < -0.3 is 25.0 Å². The van der Waals surface area contributed by atoms with Crippen molar-refractivity contribution in [1.29, 1.82) is 0 Å². The number of Topliss-reactive ketones (excluding diaryl/α,β-unsaturated/α-hetero) is 1. The van der Waals surface area contributed by atoms with Crippen LogP contribution in [0.25, 0.3) is 0 Å². The number of rotatable bonds is 35. The van der Waals surface area contributed by atoms with Crippen LogP contribution in [-0.4, -0.2) is 104 Å². The number of hydrogen-bond donors (Lipinski definition) is 3. The molecule has 318 valence electrons. The first-order valence-corrected chi connectivity index (χ1v) is 28.1. The minimum Gasteiger partial charge on any atom is -0.481 e. The fraction of sp³-hybridized carbons (Fsp3) is 0.895. The molecule has 0 aliphatic heterocycles. The van der Waals surface area contributed by atoms with Crippen molar-refractivity contribution in [2.24, 2.45) is 5.92 Å². The third-order valence-corrected chi connectivity index (χ3v) is 11.8. The average Bonchev–Trinajstić information content (AvgIpc) is 3.15. The molecule has 0 heterocycles. The largest absolute Gasteiger partial charge is 0.481 e. The zero-order valence-corrected chi connectivity index (χ0v) is 39.2. The van der Waals surface area contributed by atoms with E-state index in [1.54, 1.807) is 71.7 Å². The van der Waals surface area contributed by atoms with Crippen LogP contribution in [0, 0.1) is 5.92 Å². The molecule has 1 atom stereocenters. The second-order valence-electron chi connectivity index (χ2n) is 12.2. The maximum absolute atomic E-state index is 12.0. The highest BCUT2D eigenvalue weighted by atomic mass is 33.1. The zero-order chi connectivity index (χ0) is 40.6. The molecular formula is C38H77NO8S6. The van der Waals surface area contributed by atoms with E-state index >= 15 is 0 Å². The number of carbonyl (C=O) groups is 4. The first-order valence-electron chi connectivity index (χ1n) is 19.2. The third kappa shape index (κ3) is 64.3. The van der Waals surface area contributed by atoms with E-state index in [-0.39, 0.29) is 18.4 Å². The van der Waals surface area contributed by atoms with Crippen LogP contribution in [0.3, 0.4) is 0 Å². The van der Waals surface area contributed by atoms with E-state index in [0.29, 0.717) is 64.3 Å². The van der Waals surface area contributed by atoms with Crippen molar-refractivity contribution >= 4 is 88.4 Å². The van der Waals surface area contributed by atoms with E-state index in [0.717, 1.165) is 44.9 Å². The van der Waals surface area contributed by atoms with E-state index in [9.17, 15) is 19.2 Å². The minimum absolute atomic E-state index is 0.0205. The molecule has 0 spiro atoms. The Hall–Kier alpha value is 0.1000. The topological polar surface area (TPSA) is 139 Å². The van der Waals surface area contributed by atoms with Gasteiger partial charge in [-0.2, -0.15) is 0 Å². The number of hydrogen-bond acceptors (Lipinski definition) is 12. The monoisotopic (exact) mass is 867 g/mol. The van der Waals surface area contributed by atoms with Crippen molar-refractivity contribution < 1.29 is 38.9 Å². The molecule has 3 N–H and O–H groups in total. The normalized spacial score (nSPS) is 10.8. The van der Waals surface area contributed by atoms with Gasteiger partial charge in [0.1, 0.15) is 12.4 Å². The maximum Gasteiger partial charge on any atom is 0.306 e. The van der Waals surface area contributed by atoms with Crippen molar-refractivity contribution in [3.63, 3.8) is 0 Å². The van der Waals surface area contributed by atoms with Crippen LogP contribution in [-0.2, 0) is 28.7 Å². The number of amides is 1. The molecule has 15 heteroatoms. The summed E-state index contributed by atoms with van der Waals surface area (Å²) in [5, 5.41) is 20.2. The highest BCUT2D eigenvalue weighted by Crippen LogP contribution is 2.14. The van der Waals surface area contributed by atoms with Crippen LogP contribution in [0.2, 0.25) is 0 Å². The summed E-state index contributed by atoms with van der Waals surface area (Å²) in [5.74, 6) is -1.71. The van der Waals surface area contributed by atoms with E-state index in [1.165, 1.54) is 57.8 Å². The van der Waals surface area contributed by atoms with E-state index in [4.69, 9.17) is 19.7 Å². The number of ketones is 1. The summed E-state index contributed by atoms with van der Waals surface area (Å²) in [4.78, 5) is 44.9. The van der Waals surface area contributed by atoms with Crippen LogP contribution >= 0.6 is 64.8 Å². The molecule has 0 aliphatic carbocycles. The van der Waals surface area contributed by atoms with Crippen LogP contribution < -0.4 is 5.32 Å². The Morgan fingerprint density at radius 1 is 0.509 bits per heavy atom. The number of nitrogens with one attached hydrogen (secondary N) is 1. The van der Waals surface area contributed by atoms with E-state index in [2.05, 4.69) is 42.9 Å². The van der Waals surface area contributed by atoms with Gasteiger partial charge in [0.05, 0.1) is 19.1 Å². The summed E-state index contributed by atoms with van der Waals surface area (Å²) >= 11 is 0. The Morgan fingerprint density at radius 3 is 1.32 bits per heavy atom. The summed E-state index contributed by atoms with van der Waals surface area (Å²) in [5.41, 5.74) is 0. The molecule has 0 rings (SSSR count). The SMILES string of the molecule is CSSC.CSSC.CSSC.C[C@@H](CCCCNC(=O)COCCOCCCC(=O)CCCCCCCCCCCCCCCCC(=O)O)C(=O)O.